The third-order valence-corrected chi connectivity index (χ3v) is 15.2. The van der Waals surface area contributed by atoms with E-state index < -0.39 is 14.4 Å². The number of hydrogen-bond donors (Lipinski definition) is 1. The molecule has 10 atom stereocenters. The molecule has 3 fully saturated rings. The highest BCUT2D eigenvalue weighted by molar-refractivity contribution is 6.74. The number of ketones is 1. The van der Waals surface area contributed by atoms with Crippen molar-refractivity contribution in [1.82, 2.24) is 0 Å². The van der Waals surface area contributed by atoms with E-state index in [4.69, 9.17) is 9.16 Å². The van der Waals surface area contributed by atoms with E-state index in [0.717, 1.165) is 38.5 Å². The number of ether oxygens (including phenoxy) is 1. The first-order valence-electron chi connectivity index (χ1n) is 14.6. The summed E-state index contributed by atoms with van der Waals surface area (Å²) in [5.41, 5.74) is 0. The minimum absolute atomic E-state index is 0.0286. The van der Waals surface area contributed by atoms with Gasteiger partial charge in [-0.15, -0.1) is 0 Å². The Bertz CT molecular complexity index is 845. The number of allylic oxidation sites excluding steroid dienone is 2. The number of fused-ring (bicyclic) bond motifs is 5. The molecule has 4 aliphatic rings. The van der Waals surface area contributed by atoms with E-state index in [1.807, 2.05) is 13.8 Å². The Hall–Kier alpha value is -0.983. The maximum Gasteiger partial charge on any atom is 0.306 e. The van der Waals surface area contributed by atoms with Crippen LogP contribution in [0.5, 0.6) is 0 Å². The van der Waals surface area contributed by atoms with Crippen molar-refractivity contribution in [3.63, 3.8) is 0 Å². The van der Waals surface area contributed by atoms with Crippen LogP contribution in [0.4, 0.5) is 0 Å². The zero-order valence-electron chi connectivity index (χ0n) is 23.7. The number of carbonyl (C=O) groups excluding carboxylic acids is 2. The molecular formula is C30H50O5Si. The molecule has 0 bridgehead atoms. The quantitative estimate of drug-likeness (QED) is 0.269. The Morgan fingerprint density at radius 3 is 2.44 bits per heavy atom. The molecule has 1 aliphatic heterocycles. The lowest BCUT2D eigenvalue weighted by Gasteiger charge is -2.38. The lowest BCUT2D eigenvalue weighted by atomic mass is 9.71. The maximum absolute atomic E-state index is 13.7. The Labute approximate surface area is 219 Å². The zero-order valence-corrected chi connectivity index (χ0v) is 24.7. The van der Waals surface area contributed by atoms with Gasteiger partial charge in [0, 0.05) is 24.4 Å². The molecule has 1 saturated heterocycles. The van der Waals surface area contributed by atoms with E-state index in [9.17, 15) is 14.7 Å². The highest BCUT2D eigenvalue weighted by Crippen LogP contribution is 2.57. The van der Waals surface area contributed by atoms with Crippen LogP contribution in [0.25, 0.3) is 0 Å². The summed E-state index contributed by atoms with van der Waals surface area (Å²) in [6, 6.07) is 0. The Morgan fingerprint density at radius 1 is 1.06 bits per heavy atom. The minimum Gasteiger partial charge on any atom is -0.462 e. The van der Waals surface area contributed by atoms with Crippen molar-refractivity contribution in [2.24, 2.45) is 41.4 Å². The fourth-order valence-electron chi connectivity index (χ4n) is 7.39. The van der Waals surface area contributed by atoms with Gasteiger partial charge in [0.2, 0.25) is 0 Å². The lowest BCUT2D eigenvalue weighted by Crippen LogP contribution is -2.43. The highest BCUT2D eigenvalue weighted by Gasteiger charge is 2.55. The van der Waals surface area contributed by atoms with E-state index in [1.54, 1.807) is 0 Å². The predicted molar refractivity (Wildman–Crippen MR) is 145 cm³/mol. The second-order valence-corrected chi connectivity index (χ2v) is 18.6. The van der Waals surface area contributed by atoms with Gasteiger partial charge in [-0.05, 0) is 92.7 Å². The largest absolute Gasteiger partial charge is 0.462 e. The molecule has 3 aliphatic carbocycles. The van der Waals surface area contributed by atoms with Crippen LogP contribution in [-0.4, -0.2) is 43.5 Å². The monoisotopic (exact) mass is 518 g/mol. The molecule has 4 rings (SSSR count). The van der Waals surface area contributed by atoms with Crippen molar-refractivity contribution in [3.05, 3.63) is 12.2 Å². The third kappa shape index (κ3) is 5.56. The molecule has 36 heavy (non-hydrogen) atoms. The summed E-state index contributed by atoms with van der Waals surface area (Å²) in [6.45, 7) is 15.5. The topological polar surface area (TPSA) is 72.8 Å². The zero-order chi connectivity index (χ0) is 26.4. The van der Waals surface area contributed by atoms with Crippen molar-refractivity contribution in [1.29, 1.82) is 0 Å². The smallest absolute Gasteiger partial charge is 0.306 e. The van der Waals surface area contributed by atoms with Gasteiger partial charge in [0.05, 0.1) is 6.10 Å². The van der Waals surface area contributed by atoms with E-state index in [0.29, 0.717) is 30.6 Å². The number of esters is 1. The van der Waals surface area contributed by atoms with Crippen LogP contribution in [0.2, 0.25) is 18.1 Å². The van der Waals surface area contributed by atoms with Crippen molar-refractivity contribution >= 4 is 20.1 Å². The second-order valence-electron chi connectivity index (χ2n) is 13.8. The molecule has 1 N–H and O–H groups in total. The number of hydrogen-bond acceptors (Lipinski definition) is 5. The summed E-state index contributed by atoms with van der Waals surface area (Å²) in [4.78, 5) is 26.8. The maximum atomic E-state index is 13.7. The van der Waals surface area contributed by atoms with Gasteiger partial charge in [0.25, 0.3) is 0 Å². The van der Waals surface area contributed by atoms with Crippen molar-refractivity contribution in [2.45, 2.75) is 122 Å². The van der Waals surface area contributed by atoms with Crippen LogP contribution in [0, 0.1) is 41.4 Å². The van der Waals surface area contributed by atoms with Gasteiger partial charge in [0.1, 0.15) is 11.9 Å². The lowest BCUT2D eigenvalue weighted by molar-refractivity contribution is -0.152. The summed E-state index contributed by atoms with van der Waals surface area (Å²) in [5, 5.41) is 11.0. The fourth-order valence-corrected chi connectivity index (χ4v) is 8.77. The molecule has 0 aromatic rings. The van der Waals surface area contributed by atoms with Crippen LogP contribution in [0.1, 0.15) is 86.0 Å². The molecule has 6 heteroatoms. The van der Waals surface area contributed by atoms with E-state index in [2.05, 4.69) is 46.0 Å². The average molecular weight is 519 g/mol. The molecule has 2 saturated carbocycles. The summed E-state index contributed by atoms with van der Waals surface area (Å²) < 4.78 is 12.7. The van der Waals surface area contributed by atoms with Crippen LogP contribution >= 0.6 is 0 Å². The molecule has 0 aromatic carbocycles. The Balaban J connectivity index is 1.55. The number of Topliss-reactive ketones (excluding diaryl/α,β-unsaturated/α-hetero) is 1. The van der Waals surface area contributed by atoms with E-state index in [-0.39, 0.29) is 52.7 Å². The molecule has 0 aromatic heterocycles. The Morgan fingerprint density at radius 2 is 1.78 bits per heavy atom. The van der Waals surface area contributed by atoms with Crippen molar-refractivity contribution in [2.75, 3.05) is 0 Å². The van der Waals surface area contributed by atoms with Crippen LogP contribution in [-0.2, 0) is 18.8 Å². The number of cyclic esters (lactones) is 1. The third-order valence-electron chi connectivity index (χ3n) is 10.6. The molecule has 204 valence electrons. The predicted octanol–water partition coefficient (Wildman–Crippen LogP) is 6.30. The summed E-state index contributed by atoms with van der Waals surface area (Å²) >= 11 is 0. The highest BCUT2D eigenvalue weighted by atomic mass is 28.4. The van der Waals surface area contributed by atoms with Gasteiger partial charge in [-0.25, -0.2) is 0 Å². The second kappa shape index (κ2) is 10.6. The van der Waals surface area contributed by atoms with Crippen LogP contribution in [0.3, 0.4) is 0 Å². The van der Waals surface area contributed by atoms with Gasteiger partial charge in [0.15, 0.2) is 8.32 Å². The number of rotatable bonds is 3. The van der Waals surface area contributed by atoms with Gasteiger partial charge in [-0.3, -0.25) is 9.59 Å². The van der Waals surface area contributed by atoms with Crippen LogP contribution < -0.4 is 0 Å². The normalized spacial score (nSPS) is 42.1. The minimum atomic E-state index is -1.85. The molecule has 5 nitrogen and oxygen atoms in total. The van der Waals surface area contributed by atoms with Crippen molar-refractivity contribution in [3.8, 4) is 0 Å². The summed E-state index contributed by atoms with van der Waals surface area (Å²) in [6.07, 6.45) is 10.4. The van der Waals surface area contributed by atoms with Crippen molar-refractivity contribution < 1.29 is 23.9 Å². The van der Waals surface area contributed by atoms with Gasteiger partial charge >= 0.3 is 5.97 Å². The summed E-state index contributed by atoms with van der Waals surface area (Å²) in [7, 11) is -1.85. The van der Waals surface area contributed by atoms with Crippen LogP contribution in [0.15, 0.2) is 12.2 Å². The van der Waals surface area contributed by atoms with E-state index >= 15 is 0 Å². The molecule has 1 heterocycles. The van der Waals surface area contributed by atoms with Gasteiger partial charge in [-0.1, -0.05) is 46.8 Å². The van der Waals surface area contributed by atoms with Gasteiger partial charge in [-0.2, -0.15) is 0 Å². The fraction of sp³-hybridized carbons (Fsp3) is 0.867. The standard InChI is InChI=1S/C30H50O5Si/c1-8-20-10-9-11-27(31)18(2)29(33)26-16-24-22(25(26)17-28(32)34-20)13-12-19-14-21(15-23(19)24)35-36(6,7)30(3,4)5/h12-13,18-27,31H,8-11,14-17H2,1-7H3/t18-,19-,20+,21-,22-,23-,24-,25+,26-,27+/m1/s1. The SMILES string of the molecule is CC[C@H]1CCC[C@H](O)[C@@H](C)C(=O)[C@@H]2C[C@@H]3[C@@H](C=C[C@@H]4C[C@@H](O[Si](C)(C)C(C)(C)C)C[C@@H]34)[C@@H]2CC(=O)O1. The summed E-state index contributed by atoms with van der Waals surface area (Å²) in [5.74, 6) is 1.04. The first kappa shape index (κ1) is 28.0. The average Bonchev–Trinajstić information content (AvgIpc) is 3.36. The number of aliphatic hydroxyl groups is 1. The molecule has 0 radical (unpaired) electrons. The number of aliphatic hydroxyl groups excluding tert-OH is 1. The molecule has 0 amide bonds. The molecule has 0 spiro atoms. The Kier molecular flexibility index (Phi) is 8.29. The number of carbonyl (C=O) groups is 2. The van der Waals surface area contributed by atoms with Gasteiger partial charge < -0.3 is 14.3 Å². The molecular weight excluding hydrogens is 468 g/mol. The first-order chi connectivity index (χ1) is 16.8. The van der Waals surface area contributed by atoms with E-state index in [1.165, 1.54) is 0 Å². The molecule has 0 unspecified atom stereocenters. The first-order valence-corrected chi connectivity index (χ1v) is 17.5.